The first kappa shape index (κ1) is 23.1. The van der Waals surface area contributed by atoms with E-state index < -0.39 is 12.7 Å². The van der Waals surface area contributed by atoms with Gasteiger partial charge in [0, 0.05) is 18.5 Å². The Hall–Kier alpha value is -1.23. The van der Waals surface area contributed by atoms with Gasteiger partial charge in [-0.1, -0.05) is 18.2 Å². The maximum atomic E-state index is 12.4. The van der Waals surface area contributed by atoms with Gasteiger partial charge in [-0.2, -0.15) is 13.2 Å². The fourth-order valence-electron chi connectivity index (χ4n) is 3.77. The molecule has 2 aliphatic rings. The first-order valence-electron chi connectivity index (χ1n) is 9.48. The molecular formula is C19H28F3IN4O. The van der Waals surface area contributed by atoms with Crippen molar-refractivity contribution in [3.8, 4) is 5.75 Å². The van der Waals surface area contributed by atoms with Gasteiger partial charge in [-0.25, -0.2) is 0 Å². The normalized spacial score (nSPS) is 21.4. The van der Waals surface area contributed by atoms with Crippen molar-refractivity contribution >= 4 is 29.9 Å². The van der Waals surface area contributed by atoms with Gasteiger partial charge < -0.3 is 15.8 Å². The summed E-state index contributed by atoms with van der Waals surface area (Å²) in [4.78, 5) is 5.90. The minimum Gasteiger partial charge on any atom is -0.493 e. The van der Waals surface area contributed by atoms with E-state index in [9.17, 15) is 13.2 Å². The van der Waals surface area contributed by atoms with E-state index in [1.165, 1.54) is 4.90 Å². The molecule has 158 valence electrons. The number of fused-ring (bicyclic) bond motifs is 1. The average molecular weight is 512 g/mol. The van der Waals surface area contributed by atoms with Gasteiger partial charge in [-0.05, 0) is 44.3 Å². The van der Waals surface area contributed by atoms with E-state index in [1.807, 2.05) is 24.3 Å². The van der Waals surface area contributed by atoms with Gasteiger partial charge in [-0.3, -0.25) is 9.89 Å². The van der Waals surface area contributed by atoms with Gasteiger partial charge in [0.05, 0.1) is 19.2 Å². The lowest BCUT2D eigenvalue weighted by Gasteiger charge is -2.32. The summed E-state index contributed by atoms with van der Waals surface area (Å²) in [5.74, 6) is 1.70. The Balaban J connectivity index is 0.00000280. The molecule has 0 spiro atoms. The van der Waals surface area contributed by atoms with Crippen LogP contribution in [0.3, 0.4) is 0 Å². The summed E-state index contributed by atoms with van der Waals surface area (Å²) in [5, 5.41) is 3.26. The van der Waals surface area contributed by atoms with E-state index >= 15 is 0 Å². The fraction of sp³-hybridized carbons (Fsp3) is 0.632. The number of aliphatic imine (C=N–C) groups is 1. The van der Waals surface area contributed by atoms with Crippen molar-refractivity contribution in [2.75, 3.05) is 32.8 Å². The SMILES string of the molecule is I.NC(=NCCC1CCN(CC(F)(F)F)CC1)NC1CCOc2ccccc21. The molecule has 1 saturated heterocycles. The molecule has 0 radical (unpaired) electrons. The summed E-state index contributed by atoms with van der Waals surface area (Å²) in [6.07, 6.45) is -0.865. The first-order valence-corrected chi connectivity index (χ1v) is 9.48. The largest absolute Gasteiger partial charge is 0.493 e. The van der Waals surface area contributed by atoms with E-state index in [0.29, 0.717) is 38.1 Å². The molecule has 0 aliphatic carbocycles. The standard InChI is InChI=1S/C19H27F3N4O.HI/c20-19(21,22)13-26-10-6-14(7-11-26)5-9-24-18(23)25-16-8-12-27-17-4-2-1-3-15(16)17;/h1-4,14,16H,5-13H2,(H3,23,24,25);1H. The second-order valence-electron chi connectivity index (χ2n) is 7.26. The number of ether oxygens (including phenoxy) is 1. The van der Waals surface area contributed by atoms with Crippen molar-refractivity contribution in [2.45, 2.75) is 37.9 Å². The van der Waals surface area contributed by atoms with Crippen LogP contribution in [0.4, 0.5) is 13.2 Å². The second kappa shape index (κ2) is 10.5. The highest BCUT2D eigenvalue weighted by molar-refractivity contribution is 14.0. The molecule has 1 aromatic carbocycles. The number of rotatable bonds is 5. The number of nitrogens with two attached hydrogens (primary N) is 1. The van der Waals surface area contributed by atoms with Crippen LogP contribution in [0.25, 0.3) is 0 Å². The van der Waals surface area contributed by atoms with Crippen LogP contribution < -0.4 is 15.8 Å². The molecule has 0 amide bonds. The highest BCUT2D eigenvalue weighted by Crippen LogP contribution is 2.31. The molecule has 1 atom stereocenters. The molecule has 0 bridgehead atoms. The van der Waals surface area contributed by atoms with Crippen LogP contribution in [0, 0.1) is 5.92 Å². The summed E-state index contributed by atoms with van der Waals surface area (Å²) < 4.78 is 42.9. The minimum absolute atomic E-state index is 0. The van der Waals surface area contributed by atoms with Gasteiger partial charge in [0.25, 0.3) is 0 Å². The van der Waals surface area contributed by atoms with Gasteiger partial charge in [-0.15, -0.1) is 24.0 Å². The molecule has 1 unspecified atom stereocenters. The zero-order chi connectivity index (χ0) is 19.3. The van der Waals surface area contributed by atoms with Crippen LogP contribution >= 0.6 is 24.0 Å². The number of guanidine groups is 1. The monoisotopic (exact) mass is 512 g/mol. The molecule has 2 heterocycles. The Bertz CT molecular complexity index is 648. The Morgan fingerprint density at radius 2 is 1.93 bits per heavy atom. The molecule has 1 fully saturated rings. The lowest BCUT2D eigenvalue weighted by Crippen LogP contribution is -2.40. The van der Waals surface area contributed by atoms with Crippen molar-refractivity contribution < 1.29 is 17.9 Å². The van der Waals surface area contributed by atoms with Crippen LogP contribution in [0.2, 0.25) is 0 Å². The first-order chi connectivity index (χ1) is 12.9. The fourth-order valence-corrected chi connectivity index (χ4v) is 3.77. The zero-order valence-electron chi connectivity index (χ0n) is 15.8. The number of piperidine rings is 1. The Morgan fingerprint density at radius 3 is 2.64 bits per heavy atom. The van der Waals surface area contributed by atoms with Crippen molar-refractivity contribution in [3.05, 3.63) is 29.8 Å². The number of likely N-dealkylation sites (tertiary alicyclic amines) is 1. The van der Waals surface area contributed by atoms with E-state index in [1.54, 1.807) is 0 Å². The molecule has 28 heavy (non-hydrogen) atoms. The number of nitrogens with one attached hydrogen (secondary N) is 1. The zero-order valence-corrected chi connectivity index (χ0v) is 18.1. The van der Waals surface area contributed by atoms with E-state index in [-0.39, 0.29) is 30.0 Å². The lowest BCUT2D eigenvalue weighted by molar-refractivity contribution is -0.148. The third-order valence-corrected chi connectivity index (χ3v) is 5.21. The predicted octanol–water partition coefficient (Wildman–Crippen LogP) is 3.70. The summed E-state index contributed by atoms with van der Waals surface area (Å²) >= 11 is 0. The third kappa shape index (κ3) is 6.98. The third-order valence-electron chi connectivity index (χ3n) is 5.21. The summed E-state index contributed by atoms with van der Waals surface area (Å²) in [5.41, 5.74) is 7.12. The van der Waals surface area contributed by atoms with Crippen LogP contribution in [0.15, 0.2) is 29.3 Å². The quantitative estimate of drug-likeness (QED) is 0.359. The summed E-state index contributed by atoms with van der Waals surface area (Å²) in [6, 6.07) is 7.97. The van der Waals surface area contributed by atoms with Crippen molar-refractivity contribution in [2.24, 2.45) is 16.6 Å². The number of hydrogen-bond donors (Lipinski definition) is 2. The molecule has 9 heteroatoms. The topological polar surface area (TPSA) is 62.9 Å². The number of hydrogen-bond acceptors (Lipinski definition) is 3. The molecule has 0 saturated carbocycles. The Labute approximate surface area is 180 Å². The molecule has 3 N–H and O–H groups in total. The van der Waals surface area contributed by atoms with Gasteiger partial charge in [0.15, 0.2) is 5.96 Å². The Morgan fingerprint density at radius 1 is 1.21 bits per heavy atom. The van der Waals surface area contributed by atoms with E-state index in [4.69, 9.17) is 10.5 Å². The van der Waals surface area contributed by atoms with Crippen LogP contribution in [0.1, 0.15) is 37.3 Å². The lowest BCUT2D eigenvalue weighted by atomic mass is 9.93. The van der Waals surface area contributed by atoms with Crippen molar-refractivity contribution in [3.63, 3.8) is 0 Å². The van der Waals surface area contributed by atoms with Gasteiger partial charge in [0.1, 0.15) is 5.75 Å². The number of alkyl halides is 3. The number of benzene rings is 1. The van der Waals surface area contributed by atoms with Gasteiger partial charge in [0.2, 0.25) is 0 Å². The van der Waals surface area contributed by atoms with Crippen molar-refractivity contribution in [1.82, 2.24) is 10.2 Å². The minimum atomic E-state index is -4.11. The molecule has 2 aliphatic heterocycles. The average Bonchev–Trinajstić information content (AvgIpc) is 2.62. The molecular weight excluding hydrogens is 484 g/mol. The maximum absolute atomic E-state index is 12.4. The maximum Gasteiger partial charge on any atom is 0.401 e. The molecule has 1 aromatic rings. The second-order valence-corrected chi connectivity index (χ2v) is 7.26. The smallest absolute Gasteiger partial charge is 0.401 e. The van der Waals surface area contributed by atoms with E-state index in [2.05, 4.69) is 10.3 Å². The highest BCUT2D eigenvalue weighted by atomic mass is 127. The number of para-hydroxylation sites is 1. The van der Waals surface area contributed by atoms with Crippen LogP contribution in [0.5, 0.6) is 5.75 Å². The molecule has 3 rings (SSSR count). The van der Waals surface area contributed by atoms with Crippen molar-refractivity contribution in [1.29, 1.82) is 0 Å². The molecule has 5 nitrogen and oxygen atoms in total. The number of halogens is 4. The summed E-state index contributed by atoms with van der Waals surface area (Å²) in [6.45, 7) is 1.42. The van der Waals surface area contributed by atoms with E-state index in [0.717, 1.165) is 37.0 Å². The predicted molar refractivity (Wildman–Crippen MR) is 114 cm³/mol. The van der Waals surface area contributed by atoms with Gasteiger partial charge >= 0.3 is 6.18 Å². The number of nitrogens with zero attached hydrogens (tertiary/aromatic N) is 2. The molecule has 0 aromatic heterocycles. The highest BCUT2D eigenvalue weighted by Gasteiger charge is 2.32. The Kier molecular flexibility index (Phi) is 8.66. The van der Waals surface area contributed by atoms with Crippen LogP contribution in [-0.2, 0) is 0 Å². The summed E-state index contributed by atoms with van der Waals surface area (Å²) in [7, 11) is 0. The van der Waals surface area contributed by atoms with Crippen LogP contribution in [-0.4, -0.2) is 49.8 Å².